The first kappa shape index (κ1) is 33.1. The van der Waals surface area contributed by atoms with Gasteiger partial charge in [-0.2, -0.15) is 0 Å². The summed E-state index contributed by atoms with van der Waals surface area (Å²) >= 11 is 0. The second kappa shape index (κ2) is 12.5. The first-order valence-corrected chi connectivity index (χ1v) is 15.2. The smallest absolute Gasteiger partial charge is 0.255 e. The number of methoxy groups -OCH3 is 1. The number of carbonyl (C=O) groups excluding carboxylic acids is 3. The van der Waals surface area contributed by atoms with Gasteiger partial charge in [0.1, 0.15) is 28.6 Å². The fraction of sp³-hybridized carbons (Fsp3) is 0.441. The number of ketones is 2. The van der Waals surface area contributed by atoms with Crippen LogP contribution in [0.4, 0.5) is 0 Å². The number of aromatic hydroxyl groups is 1. The first-order chi connectivity index (χ1) is 21.7. The number of hydrogen-bond donors (Lipinski definition) is 6. The second-order valence-corrected chi connectivity index (χ2v) is 12.9. The molecular weight excluding hydrogens is 592 g/mol. The number of carbonyl (C=O) groups is 3. The lowest BCUT2D eigenvalue weighted by Gasteiger charge is -2.49. The number of amides is 1. The molecule has 0 radical (unpaired) electrons. The van der Waals surface area contributed by atoms with Crippen LogP contribution in [0.15, 0.2) is 47.2 Å². The van der Waals surface area contributed by atoms with Gasteiger partial charge >= 0.3 is 0 Å². The number of benzene rings is 2. The molecule has 12 nitrogen and oxygen atoms in total. The Hall–Kier alpha value is -4.23. The Kier molecular flexibility index (Phi) is 9.02. The molecule has 2 aromatic carbocycles. The van der Waals surface area contributed by atoms with Crippen LogP contribution in [0, 0.1) is 17.8 Å². The lowest BCUT2D eigenvalue weighted by molar-refractivity contribution is -0.153. The zero-order valence-corrected chi connectivity index (χ0v) is 26.8. The minimum absolute atomic E-state index is 0.0312. The van der Waals surface area contributed by atoms with E-state index in [0.717, 1.165) is 24.2 Å². The van der Waals surface area contributed by atoms with Crippen molar-refractivity contribution in [1.82, 2.24) is 15.1 Å². The largest absolute Gasteiger partial charge is 0.508 e. The quantitative estimate of drug-likeness (QED) is 0.165. The third-order valence-corrected chi connectivity index (χ3v) is 9.40. The highest BCUT2D eigenvalue weighted by atomic mass is 16.5. The van der Waals surface area contributed by atoms with Gasteiger partial charge in [0.2, 0.25) is 5.78 Å². The van der Waals surface area contributed by atoms with Crippen LogP contribution >= 0.6 is 0 Å². The van der Waals surface area contributed by atoms with E-state index in [1.165, 1.54) is 6.07 Å². The summed E-state index contributed by atoms with van der Waals surface area (Å²) in [5.74, 6) is -7.17. The highest BCUT2D eigenvalue weighted by molar-refractivity contribution is 6.23. The number of nitrogens with one attached hydrogen (secondary N) is 1. The molecule has 12 heteroatoms. The molecule has 3 aliphatic carbocycles. The summed E-state index contributed by atoms with van der Waals surface area (Å²) in [6, 6.07) is 8.96. The van der Waals surface area contributed by atoms with Gasteiger partial charge in [0.15, 0.2) is 11.4 Å². The predicted octanol–water partition coefficient (Wildman–Crippen LogP) is 1.54. The van der Waals surface area contributed by atoms with Crippen molar-refractivity contribution in [2.75, 3.05) is 54.9 Å². The van der Waals surface area contributed by atoms with Crippen LogP contribution in [-0.2, 0) is 27.3 Å². The van der Waals surface area contributed by atoms with Crippen LogP contribution in [0.3, 0.4) is 0 Å². The van der Waals surface area contributed by atoms with Crippen LogP contribution in [0.5, 0.6) is 11.5 Å². The fourth-order valence-corrected chi connectivity index (χ4v) is 7.25. The summed E-state index contributed by atoms with van der Waals surface area (Å²) in [6.07, 6.45) is 0.213. The Morgan fingerprint density at radius 3 is 2.41 bits per heavy atom. The summed E-state index contributed by atoms with van der Waals surface area (Å²) < 4.78 is 5.71. The van der Waals surface area contributed by atoms with Crippen LogP contribution in [0.1, 0.15) is 23.1 Å². The Morgan fingerprint density at radius 2 is 1.78 bits per heavy atom. The summed E-state index contributed by atoms with van der Waals surface area (Å²) in [5.41, 5.74) is 4.78. The SMILES string of the molecule is COc1ccc(CNCCN(C)C)cc1-c1ccc(O)c2c1C[C@H]1C[C@H]3C(CN(C)C)C(=O)C(C(N)=O)=C(O)[C@@]3(O)C(=O)C1=C2O. The molecule has 1 fully saturated rings. The van der Waals surface area contributed by atoms with Crippen molar-refractivity contribution in [2.24, 2.45) is 23.5 Å². The van der Waals surface area contributed by atoms with Gasteiger partial charge in [-0.1, -0.05) is 12.1 Å². The maximum atomic E-state index is 14.2. The molecule has 46 heavy (non-hydrogen) atoms. The van der Waals surface area contributed by atoms with Gasteiger partial charge in [-0.05, 0) is 81.8 Å². The molecule has 5 rings (SSSR count). The fourth-order valence-electron chi connectivity index (χ4n) is 7.25. The number of ether oxygens (including phenoxy) is 1. The molecule has 0 bridgehead atoms. The zero-order valence-electron chi connectivity index (χ0n) is 26.8. The topological polar surface area (TPSA) is 186 Å². The number of aliphatic hydroxyl groups excluding tert-OH is 2. The third-order valence-electron chi connectivity index (χ3n) is 9.40. The summed E-state index contributed by atoms with van der Waals surface area (Å²) in [5, 5.41) is 49.1. The molecule has 1 saturated carbocycles. The van der Waals surface area contributed by atoms with E-state index in [2.05, 4.69) is 10.2 Å². The highest BCUT2D eigenvalue weighted by Gasteiger charge is 2.63. The second-order valence-electron chi connectivity index (χ2n) is 12.9. The summed E-state index contributed by atoms with van der Waals surface area (Å²) in [6.45, 7) is 2.34. The van der Waals surface area contributed by atoms with Gasteiger partial charge in [-0.3, -0.25) is 14.4 Å². The minimum atomic E-state index is -2.67. The van der Waals surface area contributed by atoms with Crippen molar-refractivity contribution < 1.29 is 39.5 Å². The van der Waals surface area contributed by atoms with Crippen LogP contribution in [0.25, 0.3) is 16.9 Å². The first-order valence-electron chi connectivity index (χ1n) is 15.2. The molecular formula is C34H42N4O8. The lowest BCUT2D eigenvalue weighted by Crippen LogP contribution is -2.62. The summed E-state index contributed by atoms with van der Waals surface area (Å²) in [7, 11) is 8.98. The Labute approximate surface area is 267 Å². The number of nitrogens with two attached hydrogens (primary N) is 1. The van der Waals surface area contributed by atoms with Crippen LogP contribution in [0.2, 0.25) is 0 Å². The summed E-state index contributed by atoms with van der Waals surface area (Å²) in [4.78, 5) is 43.7. The normalized spacial score (nSPS) is 24.3. The monoisotopic (exact) mass is 634 g/mol. The van der Waals surface area contributed by atoms with E-state index < -0.39 is 57.9 Å². The van der Waals surface area contributed by atoms with E-state index >= 15 is 0 Å². The lowest BCUT2D eigenvalue weighted by atomic mass is 9.56. The molecule has 0 spiro atoms. The number of nitrogens with zero attached hydrogens (tertiary/aromatic N) is 2. The molecule has 246 valence electrons. The Bertz CT molecular complexity index is 1660. The van der Waals surface area contributed by atoms with Crippen molar-refractivity contribution in [3.8, 4) is 22.6 Å². The molecule has 0 heterocycles. The molecule has 1 amide bonds. The van der Waals surface area contributed by atoms with Gasteiger partial charge in [-0.15, -0.1) is 0 Å². The molecule has 0 saturated heterocycles. The van der Waals surface area contributed by atoms with Crippen LogP contribution < -0.4 is 15.8 Å². The average Bonchev–Trinajstić information content (AvgIpc) is 2.99. The van der Waals surface area contributed by atoms with Gasteiger partial charge in [-0.25, -0.2) is 0 Å². The number of aliphatic hydroxyl groups is 3. The standard InChI is InChI=1S/C34H42N4O8/c1-37(2)11-10-36-15-17-6-9-25(46-5)20(12-17)19-7-8-24(39)27-21(19)13-18-14-23-22(16-38(3)4)29(40)28(33(35)44)32(43)34(23,45)31(42)26(18)30(27)41/h6-9,12,18,22-23,36,39,41,43,45H,10-11,13-16H2,1-5H3,(H2,35,44)/t18-,22?,23-,34-/m0/s1. The molecule has 4 atom stereocenters. The van der Waals surface area contributed by atoms with Crippen molar-refractivity contribution >= 4 is 23.2 Å². The number of rotatable bonds is 10. The van der Waals surface area contributed by atoms with Crippen LogP contribution in [-0.4, -0.2) is 108 Å². The highest BCUT2D eigenvalue weighted by Crippen LogP contribution is 2.54. The van der Waals surface area contributed by atoms with E-state index in [1.54, 1.807) is 32.2 Å². The maximum absolute atomic E-state index is 14.2. The van der Waals surface area contributed by atoms with Gasteiger partial charge in [0, 0.05) is 49.2 Å². The van der Waals surface area contributed by atoms with Crippen molar-refractivity contribution in [3.63, 3.8) is 0 Å². The van der Waals surface area contributed by atoms with Gasteiger partial charge in [0.05, 0.1) is 12.7 Å². The van der Waals surface area contributed by atoms with Crippen molar-refractivity contribution in [2.45, 2.75) is 25.0 Å². The third kappa shape index (κ3) is 5.45. The van der Waals surface area contributed by atoms with E-state index in [0.29, 0.717) is 23.4 Å². The number of hydrogen-bond acceptors (Lipinski definition) is 11. The number of fused-ring (bicyclic) bond motifs is 3. The van der Waals surface area contributed by atoms with Gasteiger partial charge < -0.3 is 46.0 Å². The average molecular weight is 635 g/mol. The molecule has 2 aromatic rings. The minimum Gasteiger partial charge on any atom is -0.508 e. The molecule has 3 aliphatic rings. The van der Waals surface area contributed by atoms with E-state index in [9.17, 15) is 34.8 Å². The predicted molar refractivity (Wildman–Crippen MR) is 171 cm³/mol. The molecule has 0 aromatic heterocycles. The van der Waals surface area contributed by atoms with E-state index in [4.69, 9.17) is 10.5 Å². The zero-order chi connectivity index (χ0) is 33.7. The number of Topliss-reactive ketones (excluding diaryl/α,β-unsaturated/α-hetero) is 2. The molecule has 0 aliphatic heterocycles. The Balaban J connectivity index is 1.64. The molecule has 7 N–H and O–H groups in total. The number of phenolic OH excluding ortho intramolecular Hbond substituents is 1. The van der Waals surface area contributed by atoms with Crippen molar-refractivity contribution in [1.29, 1.82) is 0 Å². The molecule has 1 unspecified atom stereocenters. The number of phenols is 1. The number of primary amides is 1. The van der Waals surface area contributed by atoms with Crippen molar-refractivity contribution in [3.05, 3.63) is 63.9 Å². The maximum Gasteiger partial charge on any atom is 0.255 e. The number of likely N-dealkylation sites (N-methyl/N-ethyl adjacent to an activating group) is 1. The van der Waals surface area contributed by atoms with Gasteiger partial charge in [0.25, 0.3) is 5.91 Å². The van der Waals surface area contributed by atoms with E-state index in [1.807, 2.05) is 32.3 Å². The Morgan fingerprint density at radius 1 is 1.07 bits per heavy atom. The van der Waals surface area contributed by atoms with E-state index in [-0.39, 0.29) is 36.3 Å².